The monoisotopic (exact) mass is 324 g/mol. The molecule has 2 rings (SSSR count). The normalized spacial score (nSPS) is 10.3. The van der Waals surface area contributed by atoms with Gasteiger partial charge in [0.25, 0.3) is 5.91 Å². The molecule has 4 nitrogen and oxygen atoms in total. The average molecular weight is 324 g/mol. The van der Waals surface area contributed by atoms with Crippen LogP contribution < -0.4 is 10.2 Å². The molecule has 0 fully saturated rings. The summed E-state index contributed by atoms with van der Waals surface area (Å²) in [6.07, 6.45) is 0. The van der Waals surface area contributed by atoms with Crippen molar-refractivity contribution >= 4 is 17.5 Å². The molecule has 0 bridgehead atoms. The Hall–Kier alpha value is -2.62. The molecule has 24 heavy (non-hydrogen) atoms. The molecular weight excluding hydrogens is 300 g/mol. The van der Waals surface area contributed by atoms with Crippen molar-refractivity contribution in [2.45, 2.75) is 34.2 Å². The van der Waals surface area contributed by atoms with Crippen molar-refractivity contribution in [3.05, 3.63) is 64.7 Å². The summed E-state index contributed by atoms with van der Waals surface area (Å²) in [5, 5.41) is 2.75. The first-order chi connectivity index (χ1) is 11.4. The van der Waals surface area contributed by atoms with Gasteiger partial charge in [-0.15, -0.1) is 0 Å². The van der Waals surface area contributed by atoms with Gasteiger partial charge in [0.15, 0.2) is 0 Å². The summed E-state index contributed by atoms with van der Waals surface area (Å²) in [7, 11) is 0. The first-order valence-corrected chi connectivity index (χ1v) is 8.15. The summed E-state index contributed by atoms with van der Waals surface area (Å²) in [5.74, 6) is -0.0838. The molecule has 4 heteroatoms. The van der Waals surface area contributed by atoms with Crippen molar-refractivity contribution in [3.8, 4) is 0 Å². The van der Waals surface area contributed by atoms with Gasteiger partial charge in [-0.25, -0.2) is 0 Å². The molecule has 0 unspecified atom stereocenters. The van der Waals surface area contributed by atoms with Crippen molar-refractivity contribution in [2.24, 2.45) is 0 Å². The van der Waals surface area contributed by atoms with E-state index in [1.54, 1.807) is 4.90 Å². The van der Waals surface area contributed by atoms with Gasteiger partial charge in [0, 0.05) is 31.3 Å². The minimum atomic E-state index is -0.0674. The van der Waals surface area contributed by atoms with Gasteiger partial charge in [0.2, 0.25) is 5.91 Å². The number of benzene rings is 2. The predicted molar refractivity (Wildman–Crippen MR) is 97.2 cm³/mol. The summed E-state index contributed by atoms with van der Waals surface area (Å²) in [6, 6.07) is 13.5. The van der Waals surface area contributed by atoms with Crippen molar-refractivity contribution in [1.82, 2.24) is 5.32 Å². The van der Waals surface area contributed by atoms with E-state index in [2.05, 4.69) is 5.32 Å². The number of carbonyl (C=O) groups is 2. The number of hydrogen-bond donors (Lipinski definition) is 1. The number of hydrogen-bond acceptors (Lipinski definition) is 2. The Balaban J connectivity index is 2.22. The van der Waals surface area contributed by atoms with Crippen LogP contribution in [-0.4, -0.2) is 18.4 Å². The van der Waals surface area contributed by atoms with Gasteiger partial charge in [-0.2, -0.15) is 0 Å². The van der Waals surface area contributed by atoms with Gasteiger partial charge < -0.3 is 10.2 Å². The van der Waals surface area contributed by atoms with Crippen molar-refractivity contribution in [3.63, 3.8) is 0 Å². The molecular formula is C20H24N2O2. The van der Waals surface area contributed by atoms with Crippen LogP contribution in [0.25, 0.3) is 0 Å². The summed E-state index contributed by atoms with van der Waals surface area (Å²) < 4.78 is 0. The first-order valence-electron chi connectivity index (χ1n) is 8.15. The van der Waals surface area contributed by atoms with Gasteiger partial charge in [0.05, 0.1) is 0 Å². The second kappa shape index (κ2) is 7.77. The van der Waals surface area contributed by atoms with Gasteiger partial charge in [-0.05, 0) is 55.7 Å². The lowest BCUT2D eigenvalue weighted by molar-refractivity contribution is -0.119. The first kappa shape index (κ1) is 17.7. The third-order valence-electron chi connectivity index (χ3n) is 3.96. The molecule has 0 aliphatic heterocycles. The number of rotatable bonds is 5. The van der Waals surface area contributed by atoms with Crippen LogP contribution in [0.5, 0.6) is 0 Å². The van der Waals surface area contributed by atoms with E-state index >= 15 is 0 Å². The zero-order valence-corrected chi connectivity index (χ0v) is 14.7. The molecule has 0 spiro atoms. The lowest BCUT2D eigenvalue weighted by Crippen LogP contribution is -2.31. The highest BCUT2D eigenvalue weighted by molar-refractivity contribution is 6.06. The van der Waals surface area contributed by atoms with Crippen LogP contribution in [0.2, 0.25) is 0 Å². The van der Waals surface area contributed by atoms with E-state index < -0.39 is 0 Å². The summed E-state index contributed by atoms with van der Waals surface area (Å²) in [4.78, 5) is 25.6. The fourth-order valence-corrected chi connectivity index (χ4v) is 2.58. The Bertz CT molecular complexity index is 736. The molecule has 0 aliphatic rings. The van der Waals surface area contributed by atoms with Crippen molar-refractivity contribution < 1.29 is 9.59 Å². The standard InChI is InChI=1S/C20H24N2O2/c1-5-22(19-12-14(2)6-7-15(19)3)20(24)18-10-8-17(9-11-18)13-21-16(4)23/h6-12H,5,13H2,1-4H3,(H,21,23). The highest BCUT2D eigenvalue weighted by Gasteiger charge is 2.17. The summed E-state index contributed by atoms with van der Waals surface area (Å²) >= 11 is 0. The maximum absolute atomic E-state index is 12.9. The van der Waals surface area contributed by atoms with Crippen LogP contribution >= 0.6 is 0 Å². The van der Waals surface area contributed by atoms with E-state index in [1.165, 1.54) is 6.92 Å². The average Bonchev–Trinajstić information content (AvgIpc) is 2.57. The zero-order valence-electron chi connectivity index (χ0n) is 14.7. The number of nitrogens with zero attached hydrogens (tertiary/aromatic N) is 1. The smallest absolute Gasteiger partial charge is 0.258 e. The molecule has 126 valence electrons. The number of anilines is 1. The van der Waals surface area contributed by atoms with Crippen LogP contribution in [0, 0.1) is 13.8 Å². The van der Waals surface area contributed by atoms with Crippen LogP contribution in [0.4, 0.5) is 5.69 Å². The Morgan fingerprint density at radius 3 is 2.29 bits per heavy atom. The van der Waals surface area contributed by atoms with Crippen LogP contribution in [0.3, 0.4) is 0 Å². The fourth-order valence-electron chi connectivity index (χ4n) is 2.58. The number of carbonyl (C=O) groups excluding carboxylic acids is 2. The van der Waals surface area contributed by atoms with Gasteiger partial charge in [0.1, 0.15) is 0 Å². The molecule has 0 saturated heterocycles. The molecule has 0 radical (unpaired) electrons. The Morgan fingerprint density at radius 2 is 1.71 bits per heavy atom. The molecule has 0 aromatic heterocycles. The van der Waals surface area contributed by atoms with E-state index in [4.69, 9.17) is 0 Å². The van der Waals surface area contributed by atoms with Gasteiger partial charge in [-0.1, -0.05) is 24.3 Å². The lowest BCUT2D eigenvalue weighted by atomic mass is 10.1. The zero-order chi connectivity index (χ0) is 17.7. The third-order valence-corrected chi connectivity index (χ3v) is 3.96. The SMILES string of the molecule is CCN(C(=O)c1ccc(CNC(C)=O)cc1)c1cc(C)ccc1C. The second-order valence-corrected chi connectivity index (χ2v) is 5.95. The minimum absolute atomic E-state index is 0.0164. The summed E-state index contributed by atoms with van der Waals surface area (Å²) in [6.45, 7) is 8.58. The van der Waals surface area contributed by atoms with Crippen molar-refractivity contribution in [2.75, 3.05) is 11.4 Å². The molecule has 2 aromatic rings. The largest absolute Gasteiger partial charge is 0.352 e. The highest BCUT2D eigenvalue weighted by Crippen LogP contribution is 2.23. The molecule has 0 atom stereocenters. The van der Waals surface area contributed by atoms with Gasteiger partial charge in [-0.3, -0.25) is 9.59 Å². The molecule has 1 N–H and O–H groups in total. The van der Waals surface area contributed by atoms with Gasteiger partial charge >= 0.3 is 0 Å². The molecule has 0 saturated carbocycles. The Morgan fingerprint density at radius 1 is 1.04 bits per heavy atom. The molecule has 0 aliphatic carbocycles. The van der Waals surface area contributed by atoms with E-state index in [0.717, 1.165) is 22.4 Å². The summed E-state index contributed by atoms with van der Waals surface area (Å²) in [5.41, 5.74) is 4.77. The minimum Gasteiger partial charge on any atom is -0.352 e. The Kier molecular flexibility index (Phi) is 5.74. The second-order valence-electron chi connectivity index (χ2n) is 5.95. The molecule has 0 heterocycles. The van der Waals surface area contributed by atoms with Crippen LogP contribution in [0.15, 0.2) is 42.5 Å². The van der Waals surface area contributed by atoms with E-state index in [1.807, 2.05) is 63.2 Å². The lowest BCUT2D eigenvalue weighted by Gasteiger charge is -2.23. The number of amides is 2. The van der Waals surface area contributed by atoms with E-state index in [9.17, 15) is 9.59 Å². The maximum atomic E-state index is 12.9. The van der Waals surface area contributed by atoms with Crippen molar-refractivity contribution in [1.29, 1.82) is 0 Å². The quantitative estimate of drug-likeness (QED) is 0.913. The number of aryl methyl sites for hydroxylation is 2. The number of nitrogens with one attached hydrogen (secondary N) is 1. The highest BCUT2D eigenvalue weighted by atomic mass is 16.2. The van der Waals surface area contributed by atoms with E-state index in [0.29, 0.717) is 18.7 Å². The maximum Gasteiger partial charge on any atom is 0.258 e. The molecule has 2 aromatic carbocycles. The van der Waals surface area contributed by atoms with Crippen LogP contribution in [0.1, 0.15) is 40.9 Å². The Labute approximate surface area is 143 Å². The topological polar surface area (TPSA) is 49.4 Å². The fraction of sp³-hybridized carbons (Fsp3) is 0.300. The molecule has 2 amide bonds. The van der Waals surface area contributed by atoms with Crippen LogP contribution in [-0.2, 0) is 11.3 Å². The third kappa shape index (κ3) is 4.22. The predicted octanol–water partition coefficient (Wildman–Crippen LogP) is 3.61. The van der Waals surface area contributed by atoms with E-state index in [-0.39, 0.29) is 11.8 Å².